The van der Waals surface area contributed by atoms with Crippen molar-refractivity contribution in [2.45, 2.75) is 31.7 Å². The number of hydrogen-bond donors (Lipinski definition) is 2. The highest BCUT2D eigenvalue weighted by Crippen LogP contribution is 2.26. The Kier molecular flexibility index (Phi) is 8.69. The minimum absolute atomic E-state index is 0. The molecule has 0 saturated carbocycles. The number of ether oxygens (including phenoxy) is 1. The second-order valence-corrected chi connectivity index (χ2v) is 7.93. The summed E-state index contributed by atoms with van der Waals surface area (Å²) in [4.78, 5) is 10.5. The Labute approximate surface area is 195 Å². The van der Waals surface area contributed by atoms with Gasteiger partial charge in [-0.2, -0.15) is 0 Å². The number of methoxy groups -OCH3 is 1. The molecular formula is C22H31FIN5O. The van der Waals surface area contributed by atoms with Gasteiger partial charge in [-0.3, -0.25) is 4.99 Å². The van der Waals surface area contributed by atoms with E-state index in [2.05, 4.69) is 46.6 Å². The largest absolute Gasteiger partial charge is 0.497 e. The summed E-state index contributed by atoms with van der Waals surface area (Å²) in [6, 6.07) is 11.4. The third kappa shape index (κ3) is 5.96. The van der Waals surface area contributed by atoms with Crippen molar-refractivity contribution in [2.75, 3.05) is 38.7 Å². The van der Waals surface area contributed by atoms with Gasteiger partial charge >= 0.3 is 0 Å². The molecule has 0 spiro atoms. The number of halogens is 2. The number of aliphatic imine (C=N–C) groups is 1. The Bertz CT molecular complexity index is 861. The Morgan fingerprint density at radius 1 is 1.33 bits per heavy atom. The average molecular weight is 527 g/mol. The molecule has 0 aliphatic carbocycles. The molecule has 1 saturated heterocycles. The lowest BCUT2D eigenvalue weighted by atomic mass is 9.84. The van der Waals surface area contributed by atoms with Gasteiger partial charge in [-0.15, -0.1) is 24.0 Å². The van der Waals surface area contributed by atoms with E-state index in [1.165, 1.54) is 11.6 Å². The van der Waals surface area contributed by atoms with E-state index in [0.717, 1.165) is 24.7 Å². The number of benzene rings is 1. The molecule has 2 heterocycles. The quantitative estimate of drug-likeness (QED) is 0.342. The fourth-order valence-corrected chi connectivity index (χ4v) is 3.52. The van der Waals surface area contributed by atoms with Gasteiger partial charge < -0.3 is 20.3 Å². The lowest BCUT2D eigenvalue weighted by Crippen LogP contribution is -2.48. The topological polar surface area (TPSA) is 61.8 Å². The summed E-state index contributed by atoms with van der Waals surface area (Å²) in [5.74, 6) is 1.73. The summed E-state index contributed by atoms with van der Waals surface area (Å²) in [7, 11) is 3.44. The van der Waals surface area contributed by atoms with Crippen LogP contribution in [0.3, 0.4) is 0 Å². The number of nitrogens with one attached hydrogen (secondary N) is 2. The van der Waals surface area contributed by atoms with Crippen LogP contribution in [0.4, 0.5) is 10.2 Å². The van der Waals surface area contributed by atoms with Gasteiger partial charge in [-0.25, -0.2) is 9.37 Å². The number of pyridine rings is 1. The Morgan fingerprint density at radius 3 is 2.83 bits per heavy atom. The fraction of sp³-hybridized carbons (Fsp3) is 0.455. The molecule has 164 valence electrons. The van der Waals surface area contributed by atoms with E-state index in [1.807, 2.05) is 17.0 Å². The summed E-state index contributed by atoms with van der Waals surface area (Å²) >= 11 is 0. The lowest BCUT2D eigenvalue weighted by Gasteiger charge is -2.28. The molecule has 0 bridgehead atoms. The summed E-state index contributed by atoms with van der Waals surface area (Å²) in [6.45, 7) is 6.53. The zero-order valence-corrected chi connectivity index (χ0v) is 20.3. The normalized spacial score (nSPS) is 16.8. The van der Waals surface area contributed by atoms with E-state index in [-0.39, 0.29) is 41.3 Å². The average Bonchev–Trinajstić information content (AvgIpc) is 3.19. The number of guanidine groups is 1. The third-order valence-corrected chi connectivity index (χ3v) is 5.34. The van der Waals surface area contributed by atoms with Crippen LogP contribution in [-0.2, 0) is 5.41 Å². The van der Waals surface area contributed by atoms with Crippen molar-refractivity contribution < 1.29 is 9.13 Å². The number of nitrogens with zero attached hydrogens (tertiary/aromatic N) is 3. The molecule has 1 atom stereocenters. The van der Waals surface area contributed by atoms with Crippen molar-refractivity contribution in [3.8, 4) is 5.75 Å². The van der Waals surface area contributed by atoms with Gasteiger partial charge in [0.2, 0.25) is 0 Å². The number of rotatable bonds is 6. The molecule has 1 fully saturated rings. The summed E-state index contributed by atoms with van der Waals surface area (Å²) in [5.41, 5.74) is 1.09. The van der Waals surface area contributed by atoms with Gasteiger partial charge in [0.05, 0.1) is 7.11 Å². The molecule has 1 aromatic heterocycles. The van der Waals surface area contributed by atoms with Gasteiger partial charge in [0.1, 0.15) is 5.75 Å². The van der Waals surface area contributed by atoms with E-state index in [1.54, 1.807) is 26.4 Å². The molecule has 1 unspecified atom stereocenters. The molecule has 1 aliphatic heterocycles. The molecule has 1 aromatic carbocycles. The molecule has 6 nitrogen and oxygen atoms in total. The molecule has 3 rings (SSSR count). The standard InChI is InChI=1S/C22H30FN5O.HI/c1-22(2,16-7-5-8-18(13-16)29-4)15-26-21(24-3)27-17-10-12-28(14-17)20-19(23)9-6-11-25-20;/h5-9,11,13,17H,10,12,14-15H2,1-4H3,(H2,24,26,27);1H. The number of anilines is 1. The van der Waals surface area contributed by atoms with Crippen LogP contribution < -0.4 is 20.3 Å². The van der Waals surface area contributed by atoms with Crippen molar-refractivity contribution in [3.05, 3.63) is 54.0 Å². The zero-order valence-electron chi connectivity index (χ0n) is 18.0. The maximum absolute atomic E-state index is 14.0. The van der Waals surface area contributed by atoms with Gasteiger partial charge in [0, 0.05) is 44.3 Å². The van der Waals surface area contributed by atoms with E-state index in [0.29, 0.717) is 18.9 Å². The predicted octanol–water partition coefficient (Wildman–Crippen LogP) is 3.57. The van der Waals surface area contributed by atoms with Gasteiger partial charge in [-0.1, -0.05) is 26.0 Å². The smallest absolute Gasteiger partial charge is 0.191 e. The van der Waals surface area contributed by atoms with Crippen molar-refractivity contribution >= 4 is 35.8 Å². The first-order valence-corrected chi connectivity index (χ1v) is 9.90. The van der Waals surface area contributed by atoms with Crippen LogP contribution in [0.2, 0.25) is 0 Å². The first kappa shape index (κ1) is 24.2. The van der Waals surface area contributed by atoms with Gasteiger partial charge in [0.25, 0.3) is 0 Å². The van der Waals surface area contributed by atoms with E-state index < -0.39 is 0 Å². The van der Waals surface area contributed by atoms with E-state index >= 15 is 0 Å². The summed E-state index contributed by atoms with van der Waals surface area (Å²) in [5, 5.41) is 6.88. The highest BCUT2D eigenvalue weighted by atomic mass is 127. The first-order chi connectivity index (χ1) is 13.9. The Balaban J connectivity index is 0.00000320. The highest BCUT2D eigenvalue weighted by molar-refractivity contribution is 14.0. The van der Waals surface area contributed by atoms with E-state index in [9.17, 15) is 4.39 Å². The van der Waals surface area contributed by atoms with Crippen molar-refractivity contribution in [1.82, 2.24) is 15.6 Å². The van der Waals surface area contributed by atoms with E-state index in [4.69, 9.17) is 4.74 Å². The number of aromatic nitrogens is 1. The van der Waals surface area contributed by atoms with Crippen LogP contribution in [-0.4, -0.2) is 50.8 Å². The lowest BCUT2D eigenvalue weighted by molar-refractivity contribution is 0.411. The van der Waals surface area contributed by atoms with Gasteiger partial charge in [-0.05, 0) is 36.2 Å². The van der Waals surface area contributed by atoms with Crippen LogP contribution in [0, 0.1) is 5.82 Å². The predicted molar refractivity (Wildman–Crippen MR) is 131 cm³/mol. The van der Waals surface area contributed by atoms with Crippen LogP contribution in [0.5, 0.6) is 5.75 Å². The molecule has 8 heteroatoms. The molecule has 1 aliphatic rings. The maximum atomic E-state index is 14.0. The maximum Gasteiger partial charge on any atom is 0.191 e. The van der Waals surface area contributed by atoms with Crippen molar-refractivity contribution in [1.29, 1.82) is 0 Å². The van der Waals surface area contributed by atoms with Crippen molar-refractivity contribution in [3.63, 3.8) is 0 Å². The van der Waals surface area contributed by atoms with Gasteiger partial charge in [0.15, 0.2) is 17.6 Å². The summed E-state index contributed by atoms with van der Waals surface area (Å²) in [6.07, 6.45) is 2.52. The molecule has 0 amide bonds. The highest BCUT2D eigenvalue weighted by Gasteiger charge is 2.27. The monoisotopic (exact) mass is 527 g/mol. The molecule has 2 N–H and O–H groups in total. The minimum Gasteiger partial charge on any atom is -0.497 e. The Morgan fingerprint density at radius 2 is 2.13 bits per heavy atom. The minimum atomic E-state index is -0.282. The summed E-state index contributed by atoms with van der Waals surface area (Å²) < 4.78 is 19.3. The first-order valence-electron chi connectivity index (χ1n) is 9.90. The van der Waals surface area contributed by atoms with Crippen LogP contribution >= 0.6 is 24.0 Å². The van der Waals surface area contributed by atoms with Crippen LogP contribution in [0.25, 0.3) is 0 Å². The molecule has 0 radical (unpaired) electrons. The zero-order chi connectivity index (χ0) is 20.9. The third-order valence-electron chi connectivity index (χ3n) is 5.34. The van der Waals surface area contributed by atoms with Crippen LogP contribution in [0.1, 0.15) is 25.8 Å². The fourth-order valence-electron chi connectivity index (χ4n) is 3.52. The Hall–Kier alpha value is -2.10. The molecule has 2 aromatic rings. The second kappa shape index (κ2) is 10.8. The van der Waals surface area contributed by atoms with Crippen molar-refractivity contribution in [2.24, 2.45) is 4.99 Å². The second-order valence-electron chi connectivity index (χ2n) is 7.93. The molecule has 30 heavy (non-hydrogen) atoms. The SMILES string of the molecule is CN=C(NCC(C)(C)c1cccc(OC)c1)NC1CCN(c2ncccc2F)C1.I. The van der Waals surface area contributed by atoms with Crippen LogP contribution in [0.15, 0.2) is 47.6 Å². The number of hydrogen-bond acceptors (Lipinski definition) is 4. The molecular weight excluding hydrogens is 496 g/mol.